The Bertz CT molecular complexity index is 389. The zero-order valence-electron chi connectivity index (χ0n) is 11.0. The number of amides is 1. The van der Waals surface area contributed by atoms with Gasteiger partial charge < -0.3 is 10.2 Å². The van der Waals surface area contributed by atoms with Gasteiger partial charge in [0.05, 0.1) is 17.9 Å². The van der Waals surface area contributed by atoms with Crippen LogP contribution in [0.5, 0.6) is 0 Å². The molecule has 1 aliphatic heterocycles. The smallest absolute Gasteiger partial charge is 0.243 e. The highest BCUT2D eigenvalue weighted by Gasteiger charge is 2.25. The van der Waals surface area contributed by atoms with E-state index in [4.69, 9.17) is 0 Å². The third-order valence-corrected chi connectivity index (χ3v) is 3.42. The molecule has 1 saturated heterocycles. The minimum Gasteiger partial charge on any atom is -0.314 e. The van der Waals surface area contributed by atoms with Crippen LogP contribution in [0.3, 0.4) is 0 Å². The molecule has 0 aliphatic carbocycles. The van der Waals surface area contributed by atoms with E-state index in [1.165, 1.54) is 0 Å². The molecule has 1 unspecified atom stereocenters. The maximum absolute atomic E-state index is 12.4. The molecule has 1 aromatic rings. The summed E-state index contributed by atoms with van der Waals surface area (Å²) in [5.74, 6) is 0.116. The van der Waals surface area contributed by atoms with Crippen molar-refractivity contribution >= 4 is 11.6 Å². The second-order valence-electron chi connectivity index (χ2n) is 4.57. The van der Waals surface area contributed by atoms with Crippen LogP contribution >= 0.6 is 0 Å². The van der Waals surface area contributed by atoms with Crippen LogP contribution in [-0.4, -0.2) is 55.1 Å². The number of nitrogens with zero attached hydrogens (tertiary/aromatic N) is 3. The van der Waals surface area contributed by atoms with E-state index in [9.17, 15) is 4.79 Å². The SMILES string of the molecule is CC(C(=O)N(C)c1cccnc1)N1CCNCC1. The molecule has 1 aliphatic rings. The van der Waals surface area contributed by atoms with E-state index in [0.717, 1.165) is 31.9 Å². The first-order valence-electron chi connectivity index (χ1n) is 6.32. The predicted octanol–water partition coefficient (Wildman–Crippen LogP) is 0.338. The summed E-state index contributed by atoms with van der Waals surface area (Å²) in [6.45, 7) is 5.73. The average Bonchev–Trinajstić information content (AvgIpc) is 2.47. The fourth-order valence-corrected chi connectivity index (χ4v) is 2.19. The van der Waals surface area contributed by atoms with Gasteiger partial charge in [0.2, 0.25) is 5.91 Å². The molecular formula is C13H20N4O. The van der Waals surface area contributed by atoms with Crippen molar-refractivity contribution in [3.05, 3.63) is 24.5 Å². The van der Waals surface area contributed by atoms with E-state index in [1.54, 1.807) is 24.3 Å². The largest absolute Gasteiger partial charge is 0.314 e. The third-order valence-electron chi connectivity index (χ3n) is 3.42. The lowest BCUT2D eigenvalue weighted by Gasteiger charge is -2.33. The zero-order chi connectivity index (χ0) is 13.0. The Labute approximate surface area is 108 Å². The molecule has 98 valence electrons. The van der Waals surface area contributed by atoms with Gasteiger partial charge in [0.15, 0.2) is 0 Å². The van der Waals surface area contributed by atoms with Gasteiger partial charge in [-0.3, -0.25) is 14.7 Å². The molecule has 5 heteroatoms. The molecule has 1 N–H and O–H groups in total. The fourth-order valence-electron chi connectivity index (χ4n) is 2.19. The summed E-state index contributed by atoms with van der Waals surface area (Å²) in [4.78, 5) is 20.3. The molecule has 2 rings (SSSR count). The second-order valence-corrected chi connectivity index (χ2v) is 4.57. The Balaban J connectivity index is 2.01. The molecule has 1 fully saturated rings. The van der Waals surface area contributed by atoms with Crippen molar-refractivity contribution in [2.75, 3.05) is 38.1 Å². The molecule has 1 atom stereocenters. The molecular weight excluding hydrogens is 228 g/mol. The first-order valence-corrected chi connectivity index (χ1v) is 6.32. The quantitative estimate of drug-likeness (QED) is 0.838. The molecule has 2 heterocycles. The maximum atomic E-state index is 12.4. The molecule has 0 aromatic carbocycles. The number of piperazine rings is 1. The maximum Gasteiger partial charge on any atom is 0.243 e. The van der Waals surface area contributed by atoms with E-state index in [1.807, 2.05) is 19.1 Å². The lowest BCUT2D eigenvalue weighted by Crippen LogP contribution is -2.53. The van der Waals surface area contributed by atoms with Crippen molar-refractivity contribution in [1.82, 2.24) is 15.2 Å². The Morgan fingerprint density at radius 2 is 2.22 bits per heavy atom. The summed E-state index contributed by atoms with van der Waals surface area (Å²) in [5.41, 5.74) is 0.837. The van der Waals surface area contributed by atoms with Gasteiger partial charge in [-0.1, -0.05) is 0 Å². The summed E-state index contributed by atoms with van der Waals surface area (Å²) >= 11 is 0. The van der Waals surface area contributed by atoms with Gasteiger partial charge in [0.1, 0.15) is 0 Å². The van der Waals surface area contributed by atoms with E-state index in [2.05, 4.69) is 15.2 Å². The number of carbonyl (C=O) groups excluding carboxylic acids is 1. The Morgan fingerprint density at radius 3 is 2.83 bits per heavy atom. The second kappa shape index (κ2) is 5.93. The van der Waals surface area contributed by atoms with Crippen LogP contribution in [0.25, 0.3) is 0 Å². The standard InChI is InChI=1S/C13H20N4O/c1-11(17-8-6-14-7-9-17)13(18)16(2)12-4-3-5-15-10-12/h3-5,10-11,14H,6-9H2,1-2H3. The number of hydrogen-bond acceptors (Lipinski definition) is 4. The lowest BCUT2D eigenvalue weighted by molar-refractivity contribution is -0.123. The average molecular weight is 248 g/mol. The van der Waals surface area contributed by atoms with Gasteiger partial charge in [0, 0.05) is 39.4 Å². The van der Waals surface area contributed by atoms with Gasteiger partial charge in [0.25, 0.3) is 0 Å². The van der Waals surface area contributed by atoms with Gasteiger partial charge in [-0.05, 0) is 19.1 Å². The van der Waals surface area contributed by atoms with Gasteiger partial charge in [-0.25, -0.2) is 0 Å². The number of aromatic nitrogens is 1. The van der Waals surface area contributed by atoms with E-state index in [0.29, 0.717) is 0 Å². The van der Waals surface area contributed by atoms with Crippen molar-refractivity contribution in [2.24, 2.45) is 0 Å². The highest BCUT2D eigenvalue weighted by Crippen LogP contribution is 2.13. The fraction of sp³-hybridized carbons (Fsp3) is 0.538. The first kappa shape index (κ1) is 13.0. The predicted molar refractivity (Wildman–Crippen MR) is 71.6 cm³/mol. The van der Waals surface area contributed by atoms with Crippen molar-refractivity contribution in [3.63, 3.8) is 0 Å². The molecule has 1 aromatic heterocycles. The summed E-state index contributed by atoms with van der Waals surface area (Å²) < 4.78 is 0. The molecule has 1 amide bonds. The van der Waals surface area contributed by atoms with Crippen molar-refractivity contribution in [1.29, 1.82) is 0 Å². The van der Waals surface area contributed by atoms with Crippen LogP contribution in [0.2, 0.25) is 0 Å². The Kier molecular flexibility index (Phi) is 4.28. The van der Waals surface area contributed by atoms with Gasteiger partial charge in [-0.15, -0.1) is 0 Å². The van der Waals surface area contributed by atoms with Crippen LogP contribution in [-0.2, 0) is 4.79 Å². The van der Waals surface area contributed by atoms with Crippen LogP contribution < -0.4 is 10.2 Å². The molecule has 0 bridgehead atoms. The Hall–Kier alpha value is -1.46. The molecule has 18 heavy (non-hydrogen) atoms. The Morgan fingerprint density at radius 1 is 1.50 bits per heavy atom. The molecule has 0 radical (unpaired) electrons. The minimum atomic E-state index is -0.0858. The van der Waals surface area contributed by atoms with E-state index < -0.39 is 0 Å². The number of anilines is 1. The number of nitrogens with one attached hydrogen (secondary N) is 1. The van der Waals surface area contributed by atoms with Crippen molar-refractivity contribution < 1.29 is 4.79 Å². The van der Waals surface area contributed by atoms with Crippen LogP contribution in [0.1, 0.15) is 6.92 Å². The summed E-state index contributed by atoms with van der Waals surface area (Å²) in [5, 5.41) is 3.29. The van der Waals surface area contributed by atoms with E-state index >= 15 is 0 Å². The highest BCUT2D eigenvalue weighted by atomic mass is 16.2. The zero-order valence-corrected chi connectivity index (χ0v) is 11.0. The first-order chi connectivity index (χ1) is 8.70. The monoisotopic (exact) mass is 248 g/mol. The minimum absolute atomic E-state index is 0.0858. The van der Waals surface area contributed by atoms with Crippen molar-refractivity contribution in [2.45, 2.75) is 13.0 Å². The molecule has 5 nitrogen and oxygen atoms in total. The topological polar surface area (TPSA) is 48.5 Å². The van der Waals surface area contributed by atoms with Crippen LogP contribution in [0.15, 0.2) is 24.5 Å². The number of pyridine rings is 1. The number of hydrogen-bond donors (Lipinski definition) is 1. The van der Waals surface area contributed by atoms with Crippen LogP contribution in [0, 0.1) is 0 Å². The highest BCUT2D eigenvalue weighted by molar-refractivity contribution is 5.96. The van der Waals surface area contributed by atoms with Gasteiger partial charge in [-0.2, -0.15) is 0 Å². The summed E-state index contributed by atoms with van der Waals surface area (Å²) in [6.07, 6.45) is 3.42. The van der Waals surface area contributed by atoms with E-state index in [-0.39, 0.29) is 11.9 Å². The normalized spacial score (nSPS) is 18.3. The summed E-state index contributed by atoms with van der Waals surface area (Å²) in [6, 6.07) is 3.65. The third kappa shape index (κ3) is 2.86. The molecule has 0 saturated carbocycles. The number of rotatable bonds is 3. The molecule has 0 spiro atoms. The summed E-state index contributed by atoms with van der Waals surface area (Å²) in [7, 11) is 1.80. The van der Waals surface area contributed by atoms with Gasteiger partial charge >= 0.3 is 0 Å². The van der Waals surface area contributed by atoms with Crippen LogP contribution in [0.4, 0.5) is 5.69 Å². The van der Waals surface area contributed by atoms with Crippen molar-refractivity contribution in [3.8, 4) is 0 Å². The lowest BCUT2D eigenvalue weighted by atomic mass is 10.2. The number of likely N-dealkylation sites (N-methyl/N-ethyl adjacent to an activating group) is 1. The number of carbonyl (C=O) groups is 1.